The van der Waals surface area contributed by atoms with E-state index >= 15 is 0 Å². The molecule has 0 aliphatic rings. The van der Waals surface area contributed by atoms with Gasteiger partial charge in [-0.2, -0.15) is 5.26 Å². The Bertz CT molecular complexity index is 669. The fourth-order valence-corrected chi connectivity index (χ4v) is 2.74. The molecule has 2 rings (SSSR count). The minimum absolute atomic E-state index is 0.282. The van der Waals surface area contributed by atoms with Crippen molar-refractivity contribution in [2.75, 3.05) is 5.73 Å². The van der Waals surface area contributed by atoms with E-state index in [1.54, 1.807) is 13.8 Å². The van der Waals surface area contributed by atoms with Gasteiger partial charge in [-0.05, 0) is 31.0 Å². The molecule has 2 aromatic rings. The van der Waals surface area contributed by atoms with E-state index < -0.39 is 11.6 Å². The van der Waals surface area contributed by atoms with Gasteiger partial charge < -0.3 is 5.73 Å². The number of hydrogen-bond acceptors (Lipinski definition) is 3. The Morgan fingerprint density at radius 3 is 2.44 bits per heavy atom. The smallest absolute Gasteiger partial charge is 0.134 e. The van der Waals surface area contributed by atoms with Crippen LogP contribution in [0.2, 0.25) is 0 Å². The maximum absolute atomic E-state index is 13.8. The minimum Gasteiger partial charge on any atom is -0.397 e. The molecule has 0 amide bonds. The lowest BCUT2D eigenvalue weighted by Crippen LogP contribution is -1.91. The lowest BCUT2D eigenvalue weighted by Gasteiger charge is -2.05. The Morgan fingerprint density at radius 1 is 1.22 bits per heavy atom. The Labute approximate surface area is 107 Å². The molecule has 0 saturated heterocycles. The number of thiophene rings is 1. The molecule has 0 atom stereocenters. The zero-order chi connectivity index (χ0) is 13.4. The van der Waals surface area contributed by atoms with Crippen LogP contribution in [0.5, 0.6) is 0 Å². The van der Waals surface area contributed by atoms with Crippen molar-refractivity contribution in [3.05, 3.63) is 39.8 Å². The third-order valence-corrected chi connectivity index (χ3v) is 4.03. The second-order valence-electron chi connectivity index (χ2n) is 3.99. The molecular weight excluding hydrogens is 254 g/mol. The standard InChI is InChI=1S/C13H10F2N2S/c1-6-3-8(10(15)4-9(6)14)13-7(2)12(17)11(5-16)18-13/h3-4H,17H2,1-2H3. The first kappa shape index (κ1) is 12.5. The molecule has 0 bridgehead atoms. The molecule has 18 heavy (non-hydrogen) atoms. The predicted octanol–water partition coefficient (Wildman–Crippen LogP) is 3.76. The van der Waals surface area contributed by atoms with Crippen molar-refractivity contribution >= 4 is 17.0 Å². The molecule has 1 aromatic carbocycles. The highest BCUT2D eigenvalue weighted by Crippen LogP contribution is 2.39. The molecule has 1 heterocycles. The summed E-state index contributed by atoms with van der Waals surface area (Å²) >= 11 is 1.12. The molecule has 0 fully saturated rings. The summed E-state index contributed by atoms with van der Waals surface area (Å²) in [5.74, 6) is -1.23. The van der Waals surface area contributed by atoms with Crippen molar-refractivity contribution in [1.82, 2.24) is 0 Å². The van der Waals surface area contributed by atoms with Crippen molar-refractivity contribution in [3.63, 3.8) is 0 Å². The summed E-state index contributed by atoms with van der Waals surface area (Å²) in [4.78, 5) is 0.925. The fourth-order valence-electron chi connectivity index (χ4n) is 1.70. The highest BCUT2D eigenvalue weighted by atomic mass is 32.1. The van der Waals surface area contributed by atoms with E-state index in [2.05, 4.69) is 0 Å². The average molecular weight is 264 g/mol. The number of nitrogens with two attached hydrogens (primary N) is 1. The molecule has 0 unspecified atom stereocenters. The van der Waals surface area contributed by atoms with E-state index in [9.17, 15) is 8.78 Å². The van der Waals surface area contributed by atoms with Crippen molar-refractivity contribution < 1.29 is 8.78 Å². The molecule has 0 radical (unpaired) electrons. The van der Waals surface area contributed by atoms with Crippen LogP contribution in [0.3, 0.4) is 0 Å². The number of rotatable bonds is 1. The van der Waals surface area contributed by atoms with Crippen LogP contribution in [-0.2, 0) is 0 Å². The summed E-state index contributed by atoms with van der Waals surface area (Å²) in [6, 6.07) is 4.26. The molecule has 0 aliphatic heterocycles. The van der Waals surface area contributed by atoms with Crippen LogP contribution < -0.4 is 5.73 Å². The molecular formula is C13H10F2N2S. The van der Waals surface area contributed by atoms with Gasteiger partial charge in [-0.3, -0.25) is 0 Å². The Balaban J connectivity index is 2.70. The van der Waals surface area contributed by atoms with Crippen LogP contribution in [0.1, 0.15) is 16.0 Å². The van der Waals surface area contributed by atoms with Gasteiger partial charge in [0.2, 0.25) is 0 Å². The van der Waals surface area contributed by atoms with Gasteiger partial charge in [0.25, 0.3) is 0 Å². The average Bonchev–Trinajstić information content (AvgIpc) is 2.61. The first-order chi connectivity index (χ1) is 8.45. The number of nitrogen functional groups attached to an aromatic ring is 1. The van der Waals surface area contributed by atoms with Crippen molar-refractivity contribution in [2.45, 2.75) is 13.8 Å². The normalized spacial score (nSPS) is 10.4. The number of nitriles is 1. The number of halogens is 2. The number of anilines is 1. The first-order valence-electron chi connectivity index (χ1n) is 5.20. The van der Waals surface area contributed by atoms with Gasteiger partial charge in [0, 0.05) is 16.5 Å². The van der Waals surface area contributed by atoms with E-state index in [4.69, 9.17) is 11.0 Å². The number of hydrogen-bond donors (Lipinski definition) is 1. The minimum atomic E-state index is -0.646. The Kier molecular flexibility index (Phi) is 3.05. The summed E-state index contributed by atoms with van der Waals surface area (Å²) < 4.78 is 27.0. The molecule has 1 aromatic heterocycles. The summed E-state index contributed by atoms with van der Waals surface area (Å²) in [6.45, 7) is 3.29. The second-order valence-corrected chi connectivity index (χ2v) is 5.01. The highest BCUT2D eigenvalue weighted by Gasteiger charge is 2.17. The maximum Gasteiger partial charge on any atom is 0.134 e. The summed E-state index contributed by atoms with van der Waals surface area (Å²) in [5.41, 5.74) is 7.41. The van der Waals surface area contributed by atoms with E-state index in [-0.39, 0.29) is 5.56 Å². The largest absolute Gasteiger partial charge is 0.397 e. The lowest BCUT2D eigenvalue weighted by molar-refractivity contribution is 0.580. The number of nitrogens with zero attached hydrogens (tertiary/aromatic N) is 1. The first-order valence-corrected chi connectivity index (χ1v) is 6.02. The van der Waals surface area contributed by atoms with E-state index in [0.717, 1.165) is 17.4 Å². The van der Waals surface area contributed by atoms with Gasteiger partial charge >= 0.3 is 0 Å². The van der Waals surface area contributed by atoms with E-state index in [1.165, 1.54) is 6.07 Å². The van der Waals surface area contributed by atoms with E-state index in [1.807, 2.05) is 6.07 Å². The van der Waals surface area contributed by atoms with Crippen molar-refractivity contribution in [1.29, 1.82) is 5.26 Å². The van der Waals surface area contributed by atoms with Crippen LogP contribution in [0, 0.1) is 36.8 Å². The van der Waals surface area contributed by atoms with Crippen LogP contribution >= 0.6 is 11.3 Å². The van der Waals surface area contributed by atoms with Gasteiger partial charge in [-0.25, -0.2) is 8.78 Å². The molecule has 0 spiro atoms. The van der Waals surface area contributed by atoms with Crippen LogP contribution in [0.25, 0.3) is 10.4 Å². The SMILES string of the molecule is Cc1cc(-c2sc(C#N)c(N)c2C)c(F)cc1F. The topological polar surface area (TPSA) is 49.8 Å². The van der Waals surface area contributed by atoms with Crippen molar-refractivity contribution in [2.24, 2.45) is 0 Å². The third kappa shape index (κ3) is 1.85. The number of aryl methyl sites for hydroxylation is 1. The Morgan fingerprint density at radius 2 is 1.89 bits per heavy atom. The summed E-state index contributed by atoms with van der Waals surface area (Å²) in [6.07, 6.45) is 0. The predicted molar refractivity (Wildman–Crippen MR) is 68.3 cm³/mol. The van der Waals surface area contributed by atoms with Crippen LogP contribution in [0.15, 0.2) is 12.1 Å². The van der Waals surface area contributed by atoms with Crippen LogP contribution in [0.4, 0.5) is 14.5 Å². The third-order valence-electron chi connectivity index (χ3n) is 2.79. The van der Waals surface area contributed by atoms with Gasteiger partial charge in [0.15, 0.2) is 0 Å². The lowest BCUT2D eigenvalue weighted by atomic mass is 10.1. The molecule has 92 valence electrons. The number of benzene rings is 1. The van der Waals surface area contributed by atoms with E-state index in [0.29, 0.717) is 26.6 Å². The molecule has 5 heteroatoms. The maximum atomic E-state index is 13.8. The fraction of sp³-hybridized carbons (Fsp3) is 0.154. The highest BCUT2D eigenvalue weighted by molar-refractivity contribution is 7.16. The van der Waals surface area contributed by atoms with Gasteiger partial charge in [-0.15, -0.1) is 11.3 Å². The molecule has 0 aliphatic carbocycles. The molecule has 2 nitrogen and oxygen atoms in total. The zero-order valence-electron chi connectivity index (χ0n) is 9.84. The molecule has 0 saturated carbocycles. The summed E-state index contributed by atoms with van der Waals surface area (Å²) in [7, 11) is 0. The van der Waals surface area contributed by atoms with Gasteiger partial charge in [0.05, 0.1) is 5.69 Å². The van der Waals surface area contributed by atoms with Gasteiger partial charge in [-0.1, -0.05) is 0 Å². The quantitative estimate of drug-likeness (QED) is 0.852. The van der Waals surface area contributed by atoms with Crippen LogP contribution in [-0.4, -0.2) is 0 Å². The zero-order valence-corrected chi connectivity index (χ0v) is 10.7. The summed E-state index contributed by atoms with van der Waals surface area (Å²) in [5, 5.41) is 8.90. The monoisotopic (exact) mass is 264 g/mol. The molecule has 2 N–H and O–H groups in total. The Hall–Kier alpha value is -1.93. The van der Waals surface area contributed by atoms with Gasteiger partial charge in [0.1, 0.15) is 22.6 Å². The van der Waals surface area contributed by atoms with Crippen molar-refractivity contribution in [3.8, 4) is 16.5 Å². The second kappa shape index (κ2) is 4.39.